The Kier molecular flexibility index (Phi) is 13.2. The first kappa shape index (κ1) is 41.5. The number of nitrogens with two attached hydrogens (primary N) is 1. The fraction of sp³-hybridized carbons (Fsp3) is 0.556. The molecule has 53 heavy (non-hydrogen) atoms. The molecular formula is C36H53N6O10P. The number of ether oxygens (including phenoxy) is 4. The number of rotatable bonds is 15. The van der Waals surface area contributed by atoms with Crippen molar-refractivity contribution in [2.75, 3.05) is 26.0 Å². The second-order valence-electron chi connectivity index (χ2n) is 14.5. The number of hydrogen-bond donors (Lipinski definition) is 3. The Morgan fingerprint density at radius 2 is 1.70 bits per heavy atom. The number of aromatic nitrogens is 3. The van der Waals surface area contributed by atoms with Crippen LogP contribution >= 0.6 is 8.09 Å². The van der Waals surface area contributed by atoms with Crippen LogP contribution in [0.5, 0.6) is 5.75 Å². The van der Waals surface area contributed by atoms with Crippen LogP contribution in [0.2, 0.25) is 0 Å². The first-order valence-corrected chi connectivity index (χ1v) is 19.3. The van der Waals surface area contributed by atoms with Crippen LogP contribution in [0.1, 0.15) is 73.6 Å². The molecule has 0 bridgehead atoms. The average molecular weight is 761 g/mol. The van der Waals surface area contributed by atoms with Crippen molar-refractivity contribution in [3.8, 4) is 5.75 Å². The van der Waals surface area contributed by atoms with Gasteiger partial charge in [-0.15, -0.1) is 0 Å². The van der Waals surface area contributed by atoms with Gasteiger partial charge < -0.3 is 0 Å². The van der Waals surface area contributed by atoms with E-state index >= 15 is 0 Å². The Balaban J connectivity index is 1.82. The van der Waals surface area contributed by atoms with E-state index in [-0.39, 0.29) is 23.6 Å². The first-order valence-electron chi connectivity index (χ1n) is 17.6. The second-order valence-corrected chi connectivity index (χ2v) is 16.4. The summed E-state index contributed by atoms with van der Waals surface area (Å²) in [6.07, 6.45) is -1.16. The number of aliphatic imine (C=N–C) groups is 1. The molecule has 0 unspecified atom stereocenters. The van der Waals surface area contributed by atoms with Crippen molar-refractivity contribution >= 4 is 43.6 Å². The molecular weight excluding hydrogens is 707 g/mol. The zero-order valence-corrected chi connectivity index (χ0v) is 33.0. The summed E-state index contributed by atoms with van der Waals surface area (Å²) in [5, 5.41) is 7.17. The summed E-state index contributed by atoms with van der Waals surface area (Å²) < 4.78 is 37.8. The third-order valence-corrected chi connectivity index (χ3v) is 10.4. The van der Waals surface area contributed by atoms with E-state index in [4.69, 9.17) is 33.7 Å². The number of nitrogen functional groups attached to an aromatic ring is 1. The van der Waals surface area contributed by atoms with Gasteiger partial charge in [0.05, 0.1) is 0 Å². The molecule has 1 aliphatic rings. The molecule has 4 N–H and O–H groups in total. The Morgan fingerprint density at radius 1 is 1.06 bits per heavy atom. The van der Waals surface area contributed by atoms with Gasteiger partial charge >= 0.3 is 311 Å². The molecule has 1 saturated heterocycles. The number of nitrogens with zero attached hydrogens (tertiary/aromatic N) is 4. The van der Waals surface area contributed by atoms with Crippen LogP contribution in [0.4, 0.5) is 5.82 Å². The third kappa shape index (κ3) is 9.48. The average Bonchev–Trinajstić information content (AvgIpc) is 3.64. The molecule has 3 aromatic rings. The molecule has 0 aliphatic carbocycles. The summed E-state index contributed by atoms with van der Waals surface area (Å²) >= 11 is 0. The van der Waals surface area contributed by atoms with Crippen molar-refractivity contribution < 1.29 is 47.3 Å². The predicted octanol–water partition coefficient (Wildman–Crippen LogP) is 4.08. The van der Waals surface area contributed by atoms with Gasteiger partial charge in [-0.3, -0.25) is 0 Å². The predicted molar refractivity (Wildman–Crippen MR) is 199 cm³/mol. The van der Waals surface area contributed by atoms with Crippen LogP contribution in [-0.4, -0.2) is 88.2 Å². The summed E-state index contributed by atoms with van der Waals surface area (Å²) in [6, 6.07) is 9.39. The second kappa shape index (κ2) is 16.9. The van der Waals surface area contributed by atoms with Crippen LogP contribution in [-0.2, 0) is 48.9 Å². The molecule has 0 radical (unpaired) electrons. The van der Waals surface area contributed by atoms with Crippen LogP contribution in [0.25, 0.3) is 5.52 Å². The van der Waals surface area contributed by atoms with Crippen molar-refractivity contribution in [3.05, 3.63) is 54.0 Å². The van der Waals surface area contributed by atoms with Crippen LogP contribution < -0.4 is 15.3 Å². The molecule has 0 spiro atoms. The Hall–Kier alpha value is -4.21. The number of carbonyl (C=O) groups excluding carboxylic acids is 3. The standard InChI is InChI=1S/C36H53N6O10P/c1-11-47-34(45)23(6)41-53(46,52-25-14-12-24(13-15-25)35(7,8)9)48-18-27-29(49-32(43)21(2)3)30(50-33(44)22(4)5)36(51-27,19-38-10)28-17-16-26-31(37)39-20-40-42(26)28/h12-17,19-23,27,29-30,41,46,53H,11,18H2,1-10H3,(H2,37,39,40)/t23-,27+,29+,30+,36-/m0/s1. The molecule has 3 heterocycles. The number of anilines is 1. The van der Waals surface area contributed by atoms with Gasteiger partial charge in [0.15, 0.2) is 0 Å². The SMILES string of the molecule is CCOC(=O)[C@H](C)N[PH](O)(OC[C@H]1O[C@@](C=NC)(c2ccc3c(N)ncnn23)[C@H](OC(=O)C(C)C)[C@@H]1OC(=O)C(C)C)Oc1ccc(C(C)(C)C)cc1. The van der Waals surface area contributed by atoms with Gasteiger partial charge in [0.2, 0.25) is 0 Å². The topological polar surface area (TPSA) is 207 Å². The summed E-state index contributed by atoms with van der Waals surface area (Å²) in [4.78, 5) is 59.7. The van der Waals surface area contributed by atoms with Crippen LogP contribution in [0, 0.1) is 11.8 Å². The maximum atomic E-state index is 13.3. The van der Waals surface area contributed by atoms with E-state index in [0.717, 1.165) is 5.56 Å². The summed E-state index contributed by atoms with van der Waals surface area (Å²) in [5.74, 6) is -2.57. The number of fused-ring (bicyclic) bond motifs is 1. The van der Waals surface area contributed by atoms with E-state index in [9.17, 15) is 19.3 Å². The normalized spacial score (nSPS) is 21.6. The zero-order chi connectivity index (χ0) is 39.3. The minimum absolute atomic E-state index is 0.113. The molecule has 1 aliphatic heterocycles. The Morgan fingerprint density at radius 3 is 2.28 bits per heavy atom. The van der Waals surface area contributed by atoms with E-state index in [1.807, 2.05) is 12.1 Å². The van der Waals surface area contributed by atoms with Crippen LogP contribution in [0.15, 0.2) is 47.7 Å². The molecule has 16 nitrogen and oxygen atoms in total. The Bertz CT molecular complexity index is 1780. The van der Waals surface area contributed by atoms with Gasteiger partial charge in [0, 0.05) is 0 Å². The Labute approximate surface area is 310 Å². The molecule has 1 fully saturated rings. The number of hydrogen-bond acceptors (Lipinski definition) is 15. The van der Waals surface area contributed by atoms with Crippen molar-refractivity contribution in [2.24, 2.45) is 16.8 Å². The molecule has 0 amide bonds. The number of esters is 3. The zero-order valence-electron chi connectivity index (χ0n) is 32.0. The number of carbonyl (C=O) groups is 3. The van der Waals surface area contributed by atoms with E-state index in [2.05, 4.69) is 40.9 Å². The first-order chi connectivity index (χ1) is 24.9. The summed E-state index contributed by atoms with van der Waals surface area (Å²) in [5.41, 5.74) is 6.09. The quantitative estimate of drug-likeness (QED) is 0.0864. The van der Waals surface area contributed by atoms with E-state index < -0.39 is 74.4 Å². The monoisotopic (exact) mass is 760 g/mol. The molecule has 4 rings (SSSR count). The molecule has 292 valence electrons. The van der Waals surface area contributed by atoms with Gasteiger partial charge in [-0.25, -0.2) is 0 Å². The molecule has 1 aromatic carbocycles. The summed E-state index contributed by atoms with van der Waals surface area (Å²) in [7, 11) is -3.07. The minimum atomic E-state index is -4.58. The molecule has 17 heteroatoms. The number of nitrogens with one attached hydrogen (secondary N) is 1. The van der Waals surface area contributed by atoms with E-state index in [0.29, 0.717) is 11.2 Å². The van der Waals surface area contributed by atoms with Gasteiger partial charge in [-0.1, -0.05) is 0 Å². The van der Waals surface area contributed by atoms with Gasteiger partial charge in [-0.05, 0) is 0 Å². The van der Waals surface area contributed by atoms with Crippen LogP contribution in [0.3, 0.4) is 0 Å². The van der Waals surface area contributed by atoms with Crippen molar-refractivity contribution in [1.82, 2.24) is 19.7 Å². The number of benzene rings is 1. The molecule has 0 saturated carbocycles. The summed E-state index contributed by atoms with van der Waals surface area (Å²) in [6.45, 7) is 15.6. The molecule has 2 aromatic heterocycles. The van der Waals surface area contributed by atoms with Gasteiger partial charge in [0.1, 0.15) is 0 Å². The maximum absolute atomic E-state index is 13.3. The third-order valence-electron chi connectivity index (χ3n) is 8.53. The van der Waals surface area contributed by atoms with E-state index in [1.54, 1.807) is 58.9 Å². The van der Waals surface area contributed by atoms with Gasteiger partial charge in [0.25, 0.3) is 0 Å². The van der Waals surface area contributed by atoms with Gasteiger partial charge in [-0.2, -0.15) is 0 Å². The van der Waals surface area contributed by atoms with Crippen molar-refractivity contribution in [1.29, 1.82) is 0 Å². The van der Waals surface area contributed by atoms with E-state index in [1.165, 1.54) is 31.0 Å². The van der Waals surface area contributed by atoms with Crippen molar-refractivity contribution in [3.63, 3.8) is 0 Å². The fourth-order valence-electron chi connectivity index (χ4n) is 5.67. The van der Waals surface area contributed by atoms with Crippen molar-refractivity contribution in [2.45, 2.75) is 97.7 Å². The molecule has 5 atom stereocenters. The fourth-order valence-corrected chi connectivity index (χ4v) is 7.38.